The van der Waals surface area contributed by atoms with Gasteiger partial charge in [-0.1, -0.05) is 102 Å². The number of rotatable bonds is 5. The Morgan fingerprint density at radius 2 is 1.30 bits per heavy atom. The molecule has 0 saturated carbocycles. The van der Waals surface area contributed by atoms with Crippen molar-refractivity contribution in [1.82, 2.24) is 4.73 Å². The number of aromatic nitrogens is 1. The van der Waals surface area contributed by atoms with E-state index in [9.17, 15) is 24.6 Å². The van der Waals surface area contributed by atoms with Crippen molar-refractivity contribution in [3.8, 4) is 22.6 Å². The summed E-state index contributed by atoms with van der Waals surface area (Å²) in [5, 5.41) is 23.2. The first-order valence-corrected chi connectivity index (χ1v) is 14.4. The van der Waals surface area contributed by atoms with Crippen molar-refractivity contribution >= 4 is 11.6 Å². The summed E-state index contributed by atoms with van der Waals surface area (Å²) in [7, 11) is 0. The number of aromatic hydroxyl groups is 2. The minimum Gasteiger partial charge on any atom is -0.507 e. The zero-order chi connectivity index (χ0) is 31.4. The number of Topliss-reactive ketones (excluding diaryl/α,β-unsaturated/α-hetero) is 2. The van der Waals surface area contributed by atoms with Crippen molar-refractivity contribution in [1.29, 1.82) is 0 Å². The van der Waals surface area contributed by atoms with Crippen LogP contribution in [0.25, 0.3) is 11.1 Å². The number of hydrogen-bond donors (Lipinski definition) is 2. The average Bonchev–Trinajstić information content (AvgIpc) is 3.33. The molecule has 0 aliphatic carbocycles. The van der Waals surface area contributed by atoms with Crippen LogP contribution >= 0.6 is 0 Å². The number of ketones is 2. The van der Waals surface area contributed by atoms with Crippen molar-refractivity contribution < 1.29 is 24.6 Å². The highest BCUT2D eigenvalue weighted by Crippen LogP contribution is 2.49. The zero-order valence-electron chi connectivity index (χ0n) is 25.6. The normalized spacial score (nSPS) is 16.4. The number of phenolic OH excluding ortho intramolecular Hbond substituents is 1. The Morgan fingerprint density at radius 1 is 0.791 bits per heavy atom. The molecule has 0 fully saturated rings. The summed E-state index contributed by atoms with van der Waals surface area (Å²) in [6, 6.07) is 21.4. The average molecular weight is 580 g/mol. The Labute approximate surface area is 251 Å². The van der Waals surface area contributed by atoms with Gasteiger partial charge >= 0.3 is 0 Å². The van der Waals surface area contributed by atoms with Gasteiger partial charge in [0.05, 0.1) is 5.69 Å². The molecule has 0 radical (unpaired) electrons. The van der Waals surface area contributed by atoms with Crippen LogP contribution in [0.5, 0.6) is 11.5 Å². The molecule has 222 valence electrons. The molecule has 3 aromatic carbocycles. The molecule has 0 bridgehead atoms. The maximum Gasteiger partial charge on any atom is 0.297 e. The van der Waals surface area contributed by atoms with E-state index in [0.717, 1.165) is 4.73 Å². The molecule has 4 aromatic rings. The van der Waals surface area contributed by atoms with E-state index in [-0.39, 0.29) is 22.8 Å². The molecule has 2 atom stereocenters. The molecule has 7 heteroatoms. The predicted molar refractivity (Wildman–Crippen MR) is 166 cm³/mol. The Bertz CT molecular complexity index is 1760. The van der Waals surface area contributed by atoms with E-state index in [2.05, 4.69) is 0 Å². The van der Waals surface area contributed by atoms with Gasteiger partial charge in [-0.2, -0.15) is 0 Å². The van der Waals surface area contributed by atoms with Gasteiger partial charge in [-0.05, 0) is 41.0 Å². The van der Waals surface area contributed by atoms with Gasteiger partial charge in [-0.3, -0.25) is 14.4 Å². The Hall–Kier alpha value is -4.65. The van der Waals surface area contributed by atoms with Crippen LogP contribution in [-0.4, -0.2) is 26.5 Å². The molecule has 0 amide bonds. The van der Waals surface area contributed by atoms with Crippen molar-refractivity contribution in [3.63, 3.8) is 0 Å². The van der Waals surface area contributed by atoms with E-state index >= 15 is 0 Å². The van der Waals surface area contributed by atoms with Gasteiger partial charge in [-0.15, -0.1) is 4.73 Å². The Morgan fingerprint density at radius 3 is 1.79 bits per heavy atom. The summed E-state index contributed by atoms with van der Waals surface area (Å²) in [6.07, 6.45) is -0.914. The first-order valence-electron chi connectivity index (χ1n) is 14.4. The van der Waals surface area contributed by atoms with Gasteiger partial charge in [-0.25, -0.2) is 0 Å². The van der Waals surface area contributed by atoms with Crippen LogP contribution in [0.2, 0.25) is 0 Å². The first-order chi connectivity index (χ1) is 20.1. The largest absolute Gasteiger partial charge is 0.507 e. The molecule has 0 unspecified atom stereocenters. The van der Waals surface area contributed by atoms with E-state index in [1.54, 1.807) is 36.4 Å². The van der Waals surface area contributed by atoms with E-state index in [1.165, 1.54) is 6.92 Å². The molecule has 0 spiro atoms. The quantitative estimate of drug-likeness (QED) is 0.250. The van der Waals surface area contributed by atoms with E-state index in [0.29, 0.717) is 27.8 Å². The molecule has 2 N–H and O–H groups in total. The zero-order valence-corrected chi connectivity index (χ0v) is 25.6. The number of carbonyl (C=O) groups excluding carboxylic acids is 2. The molecule has 1 aromatic heterocycles. The number of nitrogens with zero attached hydrogens (tertiary/aromatic N) is 1. The van der Waals surface area contributed by atoms with E-state index in [4.69, 9.17) is 4.84 Å². The predicted octanol–water partition coefficient (Wildman–Crippen LogP) is 6.87. The van der Waals surface area contributed by atoms with Crippen molar-refractivity contribution in [2.75, 3.05) is 0 Å². The minimum absolute atomic E-state index is 0.134. The van der Waals surface area contributed by atoms with Gasteiger partial charge in [0, 0.05) is 22.3 Å². The van der Waals surface area contributed by atoms with Crippen LogP contribution in [0.3, 0.4) is 0 Å². The molecule has 1 aliphatic rings. The lowest BCUT2D eigenvalue weighted by molar-refractivity contribution is 0.0535. The number of phenols is 1. The van der Waals surface area contributed by atoms with Crippen LogP contribution in [-0.2, 0) is 10.8 Å². The lowest BCUT2D eigenvalue weighted by Crippen LogP contribution is -2.30. The SMILES string of the molecule is CC(=O)c1c(O)c(-c2cc(C(C)(C)C)c(O)c(C(C)(C)C)c2)c2n(c1=O)O[C@@H](c1ccccc1)[C@@H]2C(=O)c1ccccc1. The van der Waals surface area contributed by atoms with Crippen LogP contribution in [0, 0.1) is 0 Å². The van der Waals surface area contributed by atoms with Crippen LogP contribution in [0.15, 0.2) is 77.6 Å². The highest BCUT2D eigenvalue weighted by molar-refractivity contribution is 6.04. The monoisotopic (exact) mass is 579 g/mol. The summed E-state index contributed by atoms with van der Waals surface area (Å²) in [6.45, 7) is 13.0. The smallest absolute Gasteiger partial charge is 0.297 e. The molecular weight excluding hydrogens is 542 g/mol. The van der Waals surface area contributed by atoms with Crippen LogP contribution < -0.4 is 10.4 Å². The summed E-state index contributed by atoms with van der Waals surface area (Å²) in [4.78, 5) is 47.2. The van der Waals surface area contributed by atoms with Crippen LogP contribution in [0.4, 0.5) is 0 Å². The Kier molecular flexibility index (Phi) is 7.33. The van der Waals surface area contributed by atoms with Gasteiger partial charge in [0.1, 0.15) is 23.0 Å². The number of carbonyl (C=O) groups is 2. The maximum atomic E-state index is 14.3. The third-order valence-corrected chi connectivity index (χ3v) is 8.00. The number of hydrogen-bond acceptors (Lipinski definition) is 6. The molecule has 7 nitrogen and oxygen atoms in total. The van der Waals surface area contributed by atoms with Gasteiger partial charge in [0.15, 0.2) is 17.7 Å². The first kappa shape index (κ1) is 29.8. The summed E-state index contributed by atoms with van der Waals surface area (Å²) in [5.41, 5.74) is 0.795. The highest BCUT2D eigenvalue weighted by atomic mass is 16.7. The second-order valence-corrected chi connectivity index (χ2v) is 13.2. The van der Waals surface area contributed by atoms with Gasteiger partial charge in [0.25, 0.3) is 5.56 Å². The fraction of sp³-hybridized carbons (Fsp3) is 0.306. The van der Waals surface area contributed by atoms with Crippen molar-refractivity contribution in [2.24, 2.45) is 0 Å². The third kappa shape index (κ3) is 5.13. The molecular formula is C36H37NO6. The Balaban J connectivity index is 1.93. The van der Waals surface area contributed by atoms with Crippen molar-refractivity contribution in [3.05, 3.63) is 117 Å². The van der Waals surface area contributed by atoms with E-state index in [1.807, 2.05) is 77.9 Å². The molecule has 1 aliphatic heterocycles. The standard InChI is InChI=1S/C36H37NO6/c1-20(38)26-32(41)27(23-18-24(35(2,3)4)31(40)25(19-23)36(5,6)7)29-28(30(39)21-14-10-8-11-15-21)33(43-37(29)34(26)42)22-16-12-9-13-17-22/h8-19,28,33,40-41H,1-7H3/t28-,33-/m0/s1. The molecule has 0 saturated heterocycles. The third-order valence-electron chi connectivity index (χ3n) is 8.00. The maximum absolute atomic E-state index is 14.3. The number of pyridine rings is 1. The van der Waals surface area contributed by atoms with Crippen LogP contribution in [0.1, 0.15) is 104 Å². The molecule has 5 rings (SSSR count). The molecule has 43 heavy (non-hydrogen) atoms. The van der Waals surface area contributed by atoms with Crippen molar-refractivity contribution in [2.45, 2.75) is 71.3 Å². The van der Waals surface area contributed by atoms with Gasteiger partial charge in [0.2, 0.25) is 0 Å². The highest BCUT2D eigenvalue weighted by Gasteiger charge is 2.46. The van der Waals surface area contributed by atoms with Gasteiger partial charge < -0.3 is 15.1 Å². The summed E-state index contributed by atoms with van der Waals surface area (Å²) < 4.78 is 1.01. The minimum atomic E-state index is -1.04. The lowest BCUT2D eigenvalue weighted by atomic mass is 9.76. The fourth-order valence-corrected chi connectivity index (χ4v) is 5.83. The second-order valence-electron chi connectivity index (χ2n) is 13.2. The fourth-order valence-electron chi connectivity index (χ4n) is 5.83. The summed E-state index contributed by atoms with van der Waals surface area (Å²) >= 11 is 0. The summed E-state index contributed by atoms with van der Waals surface area (Å²) in [5.74, 6) is -2.36. The second kappa shape index (κ2) is 10.6. The number of benzene rings is 3. The van der Waals surface area contributed by atoms with E-state index < -0.39 is 45.5 Å². The topological polar surface area (TPSA) is 106 Å². The number of fused-ring (bicyclic) bond motifs is 1. The lowest BCUT2D eigenvalue weighted by Gasteiger charge is -2.29. The molecule has 2 heterocycles.